The molecule has 0 atom stereocenters. The van der Waals surface area contributed by atoms with Crippen molar-refractivity contribution in [2.45, 2.75) is 18.4 Å². The van der Waals surface area contributed by atoms with Gasteiger partial charge >= 0.3 is 0 Å². The quantitative estimate of drug-likeness (QED) is 0.720. The minimum absolute atomic E-state index is 0.252. The molecule has 2 aromatic rings. The van der Waals surface area contributed by atoms with Crippen LogP contribution >= 0.6 is 31.9 Å². The van der Waals surface area contributed by atoms with E-state index in [-0.39, 0.29) is 11.4 Å². The Morgan fingerprint density at radius 3 is 2.52 bits per heavy atom. The molecular formula is C14H14Br2N2O2S. The van der Waals surface area contributed by atoms with Crippen molar-refractivity contribution in [1.82, 2.24) is 9.29 Å². The first kappa shape index (κ1) is 16.6. The van der Waals surface area contributed by atoms with E-state index in [4.69, 9.17) is 0 Å². The molecule has 0 amide bonds. The lowest BCUT2D eigenvalue weighted by Crippen LogP contribution is -2.31. The first-order valence-electron chi connectivity index (χ1n) is 6.30. The van der Waals surface area contributed by atoms with Crippen LogP contribution in [0.2, 0.25) is 0 Å². The summed E-state index contributed by atoms with van der Waals surface area (Å²) in [5.74, 6) is 0. The Balaban J connectivity index is 2.36. The molecule has 0 aliphatic rings. The highest BCUT2D eigenvalue weighted by atomic mass is 79.9. The van der Waals surface area contributed by atoms with Crippen LogP contribution in [0.25, 0.3) is 0 Å². The van der Waals surface area contributed by atoms with Crippen LogP contribution in [0.1, 0.15) is 12.6 Å². The summed E-state index contributed by atoms with van der Waals surface area (Å²) in [4.78, 5) is 4.44. The van der Waals surface area contributed by atoms with Crippen LogP contribution in [0.4, 0.5) is 0 Å². The summed E-state index contributed by atoms with van der Waals surface area (Å²) in [6.45, 7) is 2.44. The topological polar surface area (TPSA) is 50.3 Å². The summed E-state index contributed by atoms with van der Waals surface area (Å²) < 4.78 is 28.3. The van der Waals surface area contributed by atoms with Crippen molar-refractivity contribution in [2.75, 3.05) is 6.54 Å². The van der Waals surface area contributed by atoms with Crippen molar-refractivity contribution in [3.05, 3.63) is 57.2 Å². The lowest BCUT2D eigenvalue weighted by atomic mass is 10.3. The molecule has 4 nitrogen and oxygen atoms in total. The zero-order valence-electron chi connectivity index (χ0n) is 11.3. The van der Waals surface area contributed by atoms with Crippen molar-refractivity contribution in [2.24, 2.45) is 0 Å². The maximum Gasteiger partial charge on any atom is 0.244 e. The van der Waals surface area contributed by atoms with Gasteiger partial charge in [0.15, 0.2) is 0 Å². The fourth-order valence-corrected chi connectivity index (χ4v) is 4.99. The van der Waals surface area contributed by atoms with Crippen LogP contribution in [-0.4, -0.2) is 24.3 Å². The molecule has 0 saturated carbocycles. The monoisotopic (exact) mass is 432 g/mol. The molecule has 7 heteroatoms. The van der Waals surface area contributed by atoms with Gasteiger partial charge in [0.25, 0.3) is 0 Å². The van der Waals surface area contributed by atoms with Crippen LogP contribution in [0.3, 0.4) is 0 Å². The van der Waals surface area contributed by atoms with Crippen LogP contribution in [0.15, 0.2) is 56.4 Å². The smallest absolute Gasteiger partial charge is 0.244 e. The summed E-state index contributed by atoms with van der Waals surface area (Å²) >= 11 is 6.64. The van der Waals surface area contributed by atoms with Gasteiger partial charge in [-0.2, -0.15) is 4.31 Å². The van der Waals surface area contributed by atoms with Crippen molar-refractivity contribution < 1.29 is 8.42 Å². The predicted molar refractivity (Wildman–Crippen MR) is 89.3 cm³/mol. The number of halogens is 2. The maximum absolute atomic E-state index is 12.8. The Labute approximate surface area is 141 Å². The fraction of sp³-hybridized carbons (Fsp3) is 0.214. The van der Waals surface area contributed by atoms with E-state index in [1.54, 1.807) is 30.5 Å². The van der Waals surface area contributed by atoms with Crippen LogP contribution < -0.4 is 0 Å². The molecule has 0 N–H and O–H groups in total. The summed E-state index contributed by atoms with van der Waals surface area (Å²) in [6.07, 6.45) is 1.66. The maximum atomic E-state index is 12.8. The summed E-state index contributed by atoms with van der Waals surface area (Å²) in [7, 11) is -3.57. The van der Waals surface area contributed by atoms with Gasteiger partial charge in [-0.1, -0.05) is 28.9 Å². The normalized spacial score (nSPS) is 11.8. The van der Waals surface area contributed by atoms with Crippen LogP contribution in [0.5, 0.6) is 0 Å². The number of sulfonamides is 1. The van der Waals surface area contributed by atoms with Gasteiger partial charge in [-0.15, -0.1) is 0 Å². The van der Waals surface area contributed by atoms with E-state index < -0.39 is 10.0 Å². The van der Waals surface area contributed by atoms with Crippen molar-refractivity contribution in [3.8, 4) is 0 Å². The lowest BCUT2D eigenvalue weighted by Gasteiger charge is -2.21. The highest BCUT2D eigenvalue weighted by molar-refractivity contribution is 9.11. The van der Waals surface area contributed by atoms with E-state index >= 15 is 0 Å². The molecule has 0 unspecified atom stereocenters. The van der Waals surface area contributed by atoms with E-state index in [0.717, 1.165) is 10.2 Å². The largest absolute Gasteiger partial charge is 0.260 e. The first-order chi connectivity index (χ1) is 9.95. The Morgan fingerprint density at radius 1 is 1.19 bits per heavy atom. The molecule has 0 fully saturated rings. The molecule has 0 spiro atoms. The number of rotatable bonds is 5. The van der Waals surface area contributed by atoms with Crippen molar-refractivity contribution >= 4 is 41.9 Å². The lowest BCUT2D eigenvalue weighted by molar-refractivity contribution is 0.419. The molecule has 1 aromatic heterocycles. The van der Waals surface area contributed by atoms with Gasteiger partial charge in [0, 0.05) is 21.7 Å². The number of hydrogen-bond acceptors (Lipinski definition) is 3. The zero-order chi connectivity index (χ0) is 15.5. The Hall–Kier alpha value is -0.760. The third-order valence-electron chi connectivity index (χ3n) is 2.93. The molecule has 112 valence electrons. The molecule has 1 heterocycles. The minimum atomic E-state index is -3.57. The van der Waals surface area contributed by atoms with Gasteiger partial charge in [-0.3, -0.25) is 4.98 Å². The SMILES string of the molecule is CCN(Cc1ccccn1)S(=O)(=O)c1ccc(Br)cc1Br. The van der Waals surface area contributed by atoms with E-state index in [1.165, 1.54) is 4.31 Å². The second-order valence-electron chi connectivity index (χ2n) is 4.33. The van der Waals surface area contributed by atoms with Gasteiger partial charge in [-0.25, -0.2) is 8.42 Å². The minimum Gasteiger partial charge on any atom is -0.260 e. The first-order valence-corrected chi connectivity index (χ1v) is 9.33. The van der Waals surface area contributed by atoms with E-state index in [9.17, 15) is 8.42 Å². The highest BCUT2D eigenvalue weighted by Crippen LogP contribution is 2.28. The summed E-state index contributed by atoms with van der Waals surface area (Å²) in [5, 5.41) is 0. The van der Waals surface area contributed by atoms with Crippen LogP contribution in [-0.2, 0) is 16.6 Å². The molecule has 21 heavy (non-hydrogen) atoms. The standard InChI is InChI=1S/C14H14Br2N2O2S/c1-2-18(10-12-5-3-4-8-17-12)21(19,20)14-7-6-11(15)9-13(14)16/h3-9H,2,10H2,1H3. The van der Waals surface area contributed by atoms with Gasteiger partial charge in [0.1, 0.15) is 0 Å². The second-order valence-corrected chi connectivity index (χ2v) is 8.00. The molecule has 0 aliphatic carbocycles. The third-order valence-corrected chi connectivity index (χ3v) is 6.32. The molecule has 0 saturated heterocycles. The summed E-state index contributed by atoms with van der Waals surface area (Å²) in [6, 6.07) is 10.5. The predicted octanol–water partition coefficient (Wildman–Crippen LogP) is 3.82. The van der Waals surface area contributed by atoms with Crippen LogP contribution in [0, 0.1) is 0 Å². The highest BCUT2D eigenvalue weighted by Gasteiger charge is 2.25. The average molecular weight is 434 g/mol. The number of hydrogen-bond donors (Lipinski definition) is 0. The van der Waals surface area contributed by atoms with Gasteiger partial charge < -0.3 is 0 Å². The van der Waals surface area contributed by atoms with E-state index in [2.05, 4.69) is 36.8 Å². The molecule has 1 aromatic carbocycles. The molecule has 0 radical (unpaired) electrons. The zero-order valence-corrected chi connectivity index (χ0v) is 15.3. The Kier molecular flexibility index (Phi) is 5.54. The Bertz CT molecular complexity index is 721. The van der Waals surface area contributed by atoms with E-state index in [0.29, 0.717) is 11.0 Å². The number of benzene rings is 1. The molecule has 2 rings (SSSR count). The third kappa shape index (κ3) is 3.91. The summed E-state index contributed by atoms with van der Waals surface area (Å²) in [5.41, 5.74) is 0.719. The fourth-order valence-electron chi connectivity index (χ4n) is 1.86. The molecule has 0 bridgehead atoms. The van der Waals surface area contributed by atoms with Crippen molar-refractivity contribution in [3.63, 3.8) is 0 Å². The average Bonchev–Trinajstić information content (AvgIpc) is 2.45. The van der Waals surface area contributed by atoms with E-state index in [1.807, 2.05) is 19.1 Å². The van der Waals surface area contributed by atoms with Gasteiger partial charge in [-0.05, 0) is 46.3 Å². The van der Waals surface area contributed by atoms with Gasteiger partial charge in [0.2, 0.25) is 10.0 Å². The number of nitrogens with zero attached hydrogens (tertiary/aromatic N) is 2. The number of pyridine rings is 1. The van der Waals surface area contributed by atoms with Crippen molar-refractivity contribution in [1.29, 1.82) is 0 Å². The second kappa shape index (κ2) is 7.00. The molecular weight excluding hydrogens is 420 g/mol. The molecule has 0 aliphatic heterocycles. The van der Waals surface area contributed by atoms with Gasteiger partial charge in [0.05, 0.1) is 17.1 Å². The number of aromatic nitrogens is 1. The Morgan fingerprint density at radius 2 is 1.95 bits per heavy atom.